The van der Waals surface area contributed by atoms with E-state index in [2.05, 4.69) is 29.8 Å². The van der Waals surface area contributed by atoms with Crippen LogP contribution in [0.4, 0.5) is 10.5 Å². The minimum absolute atomic E-state index is 0.0398. The van der Waals surface area contributed by atoms with Crippen LogP contribution in [0.1, 0.15) is 33.1 Å². The molecule has 166 valence electrons. The van der Waals surface area contributed by atoms with Gasteiger partial charge in [-0.25, -0.2) is 4.79 Å². The van der Waals surface area contributed by atoms with Crippen LogP contribution in [0.5, 0.6) is 5.75 Å². The second kappa shape index (κ2) is 11.2. The zero-order chi connectivity index (χ0) is 22.3. The van der Waals surface area contributed by atoms with Gasteiger partial charge in [0.25, 0.3) is 0 Å². The molecule has 4 amide bonds. The number of imide groups is 1. The Balaban J connectivity index is 1.78. The fraction of sp³-hybridized carbons (Fsp3) is 0.571. The van der Waals surface area contributed by atoms with Gasteiger partial charge >= 0.3 is 6.03 Å². The number of hydrogen-bond acceptors (Lipinski definition) is 5. The Bertz CT molecular complexity index is 773. The van der Waals surface area contributed by atoms with Crippen LogP contribution in [0.15, 0.2) is 18.2 Å². The van der Waals surface area contributed by atoms with Gasteiger partial charge in [0.1, 0.15) is 5.75 Å². The number of carbonyl (C=O) groups is 3. The van der Waals surface area contributed by atoms with Gasteiger partial charge in [0.15, 0.2) is 0 Å². The largest absolute Gasteiger partial charge is 0.495 e. The van der Waals surface area contributed by atoms with E-state index in [1.54, 1.807) is 25.2 Å². The third-order valence-electron chi connectivity index (χ3n) is 5.54. The first kappa shape index (κ1) is 24.0. The van der Waals surface area contributed by atoms with Crippen molar-refractivity contribution in [2.24, 2.45) is 11.8 Å². The van der Waals surface area contributed by atoms with Crippen molar-refractivity contribution in [1.82, 2.24) is 15.5 Å². The third-order valence-corrected chi connectivity index (χ3v) is 5.77. The molecule has 1 saturated carbocycles. The zero-order valence-corrected chi connectivity index (χ0v) is 18.7. The van der Waals surface area contributed by atoms with Gasteiger partial charge < -0.3 is 15.4 Å². The van der Waals surface area contributed by atoms with Crippen molar-refractivity contribution < 1.29 is 19.1 Å². The molecule has 0 heterocycles. The van der Waals surface area contributed by atoms with Gasteiger partial charge in [-0.2, -0.15) is 0 Å². The smallest absolute Gasteiger partial charge is 0.321 e. The molecule has 2 rings (SSSR count). The van der Waals surface area contributed by atoms with E-state index in [0.717, 1.165) is 19.3 Å². The molecule has 1 aromatic rings. The van der Waals surface area contributed by atoms with Crippen molar-refractivity contribution in [2.75, 3.05) is 32.6 Å². The van der Waals surface area contributed by atoms with Crippen LogP contribution >= 0.6 is 11.6 Å². The first-order valence-corrected chi connectivity index (χ1v) is 10.5. The SMILES string of the molecule is COc1ccc(Cl)cc1NC(=O)CN(C)CC(=O)NC(=O)NC1CCCC(C)C1C. The first-order chi connectivity index (χ1) is 14.2. The molecule has 1 aromatic carbocycles. The van der Waals surface area contributed by atoms with Gasteiger partial charge in [-0.3, -0.25) is 19.8 Å². The lowest BCUT2D eigenvalue weighted by molar-refractivity contribution is -0.122. The number of rotatable bonds is 7. The summed E-state index contributed by atoms with van der Waals surface area (Å²) in [5.74, 6) is 0.591. The summed E-state index contributed by atoms with van der Waals surface area (Å²) in [5, 5.41) is 8.42. The normalized spacial score (nSPS) is 21.1. The van der Waals surface area contributed by atoms with Crippen molar-refractivity contribution in [3.05, 3.63) is 23.2 Å². The van der Waals surface area contributed by atoms with Crippen LogP contribution in [-0.2, 0) is 9.59 Å². The van der Waals surface area contributed by atoms with E-state index < -0.39 is 11.9 Å². The predicted octanol–water partition coefficient (Wildman–Crippen LogP) is 2.87. The summed E-state index contributed by atoms with van der Waals surface area (Å²) in [6, 6.07) is 4.47. The number of urea groups is 1. The third kappa shape index (κ3) is 7.18. The maximum Gasteiger partial charge on any atom is 0.321 e. The first-order valence-electron chi connectivity index (χ1n) is 10.1. The van der Waals surface area contributed by atoms with Crippen molar-refractivity contribution >= 4 is 35.1 Å². The molecule has 0 aliphatic heterocycles. The summed E-state index contributed by atoms with van der Waals surface area (Å²) in [5.41, 5.74) is 0.447. The fourth-order valence-corrected chi connectivity index (χ4v) is 3.84. The van der Waals surface area contributed by atoms with Gasteiger partial charge in [-0.15, -0.1) is 0 Å². The highest BCUT2D eigenvalue weighted by atomic mass is 35.5. The van der Waals surface area contributed by atoms with E-state index in [1.807, 2.05) is 0 Å². The number of likely N-dealkylation sites (N-methyl/N-ethyl adjacent to an activating group) is 1. The second-order valence-corrected chi connectivity index (χ2v) is 8.40. The lowest BCUT2D eigenvalue weighted by Crippen LogP contribution is -2.51. The lowest BCUT2D eigenvalue weighted by atomic mass is 9.78. The summed E-state index contributed by atoms with van der Waals surface area (Å²) in [7, 11) is 3.12. The molecule has 0 spiro atoms. The highest BCUT2D eigenvalue weighted by molar-refractivity contribution is 6.31. The lowest BCUT2D eigenvalue weighted by Gasteiger charge is -2.34. The molecule has 1 fully saturated rings. The number of ether oxygens (including phenoxy) is 1. The Hall–Kier alpha value is -2.32. The molecule has 1 aliphatic rings. The van der Waals surface area contributed by atoms with Crippen LogP contribution in [0.2, 0.25) is 5.02 Å². The van der Waals surface area contributed by atoms with E-state index >= 15 is 0 Å². The van der Waals surface area contributed by atoms with Crippen LogP contribution in [-0.4, -0.2) is 56.0 Å². The predicted molar refractivity (Wildman–Crippen MR) is 117 cm³/mol. The van der Waals surface area contributed by atoms with E-state index in [0.29, 0.717) is 28.3 Å². The van der Waals surface area contributed by atoms with Crippen LogP contribution in [0.25, 0.3) is 0 Å². The number of hydrogen-bond donors (Lipinski definition) is 3. The number of nitrogens with zero attached hydrogens (tertiary/aromatic N) is 1. The molecule has 0 aromatic heterocycles. The average molecular weight is 439 g/mol. The van der Waals surface area contributed by atoms with Crippen molar-refractivity contribution in [3.63, 3.8) is 0 Å². The number of benzene rings is 1. The van der Waals surface area contributed by atoms with Gasteiger partial charge in [0, 0.05) is 11.1 Å². The molecule has 3 unspecified atom stereocenters. The second-order valence-electron chi connectivity index (χ2n) is 7.96. The topological polar surface area (TPSA) is 99.8 Å². The van der Waals surface area contributed by atoms with Crippen LogP contribution < -0.4 is 20.7 Å². The van der Waals surface area contributed by atoms with Gasteiger partial charge in [0.2, 0.25) is 11.8 Å². The van der Waals surface area contributed by atoms with Crippen molar-refractivity contribution in [2.45, 2.75) is 39.2 Å². The van der Waals surface area contributed by atoms with E-state index in [4.69, 9.17) is 16.3 Å². The number of anilines is 1. The average Bonchev–Trinajstić information content (AvgIpc) is 2.65. The molecule has 0 radical (unpaired) electrons. The minimum Gasteiger partial charge on any atom is -0.495 e. The Labute approximate surface area is 182 Å². The summed E-state index contributed by atoms with van der Waals surface area (Å²) >= 11 is 5.96. The molecule has 3 atom stereocenters. The van der Waals surface area contributed by atoms with E-state index in [1.165, 1.54) is 12.0 Å². The van der Waals surface area contributed by atoms with Crippen molar-refractivity contribution in [1.29, 1.82) is 0 Å². The highest BCUT2D eigenvalue weighted by Crippen LogP contribution is 2.29. The molecule has 9 heteroatoms. The van der Waals surface area contributed by atoms with Crippen molar-refractivity contribution in [3.8, 4) is 5.75 Å². The summed E-state index contributed by atoms with van der Waals surface area (Å²) in [4.78, 5) is 38.1. The Morgan fingerprint density at radius 3 is 2.57 bits per heavy atom. The monoisotopic (exact) mass is 438 g/mol. The maximum absolute atomic E-state index is 12.3. The van der Waals surface area contributed by atoms with Gasteiger partial charge in [-0.1, -0.05) is 38.3 Å². The molecule has 8 nitrogen and oxygen atoms in total. The molecular formula is C21H31ClN4O4. The van der Waals surface area contributed by atoms with E-state index in [-0.39, 0.29) is 25.0 Å². The number of halogens is 1. The summed E-state index contributed by atoms with van der Waals surface area (Å²) < 4.78 is 5.20. The zero-order valence-electron chi connectivity index (χ0n) is 18.0. The molecule has 0 bridgehead atoms. The quantitative estimate of drug-likeness (QED) is 0.607. The molecule has 3 N–H and O–H groups in total. The Morgan fingerprint density at radius 1 is 1.17 bits per heavy atom. The maximum atomic E-state index is 12.3. The Morgan fingerprint density at radius 2 is 1.87 bits per heavy atom. The summed E-state index contributed by atoms with van der Waals surface area (Å²) in [6.07, 6.45) is 3.15. The van der Waals surface area contributed by atoms with Gasteiger partial charge in [0.05, 0.1) is 25.9 Å². The number of amides is 4. The molecular weight excluding hydrogens is 408 g/mol. The molecule has 30 heavy (non-hydrogen) atoms. The molecule has 0 saturated heterocycles. The minimum atomic E-state index is -0.493. The summed E-state index contributed by atoms with van der Waals surface area (Å²) in [6.45, 7) is 4.17. The standard InChI is InChI=1S/C21H31ClN4O4/c1-13-6-5-7-16(14(13)2)24-21(29)25-20(28)12-26(3)11-19(27)23-17-10-15(22)8-9-18(17)30-4/h8-10,13-14,16H,5-7,11-12H2,1-4H3,(H,23,27)(H2,24,25,28,29). The van der Waals surface area contributed by atoms with Crippen LogP contribution in [0, 0.1) is 11.8 Å². The number of carbonyl (C=O) groups excluding carboxylic acids is 3. The number of nitrogens with one attached hydrogen (secondary N) is 3. The van der Waals surface area contributed by atoms with Crippen LogP contribution in [0.3, 0.4) is 0 Å². The molecule has 1 aliphatic carbocycles. The number of methoxy groups -OCH3 is 1. The highest BCUT2D eigenvalue weighted by Gasteiger charge is 2.28. The fourth-order valence-electron chi connectivity index (χ4n) is 3.67. The Kier molecular flexibility index (Phi) is 8.92. The van der Waals surface area contributed by atoms with E-state index in [9.17, 15) is 14.4 Å². The van der Waals surface area contributed by atoms with Gasteiger partial charge in [-0.05, 0) is 43.5 Å².